The van der Waals surface area contributed by atoms with Crippen LogP contribution >= 0.6 is 0 Å². The molecule has 1 atom stereocenters. The number of unbranched alkanes of at least 4 members (excludes halogenated alkanes) is 53. The molecule has 0 saturated heterocycles. The average molecular weight is 1090 g/mol. The molecule has 0 fully saturated rings. The summed E-state index contributed by atoms with van der Waals surface area (Å²) in [4.78, 5) is 38.1. The minimum Gasteiger partial charge on any atom is -0.462 e. The van der Waals surface area contributed by atoms with Gasteiger partial charge < -0.3 is 14.2 Å². The van der Waals surface area contributed by atoms with Gasteiger partial charge in [-0.15, -0.1) is 0 Å². The molecule has 0 aromatic rings. The van der Waals surface area contributed by atoms with Crippen LogP contribution in [0.3, 0.4) is 0 Å². The predicted octanol–water partition coefficient (Wildman–Crippen LogP) is 24.0. The summed E-state index contributed by atoms with van der Waals surface area (Å²) >= 11 is 0. The maximum absolute atomic E-state index is 12.9. The summed E-state index contributed by atoms with van der Waals surface area (Å²) in [5.74, 6) is -0.846. The fraction of sp³-hybridized carbons (Fsp3) is 0.930. The molecule has 0 spiro atoms. The Labute approximate surface area is 481 Å². The van der Waals surface area contributed by atoms with Crippen LogP contribution in [0, 0.1) is 0 Å². The number of carbonyl (C=O) groups is 3. The van der Waals surface area contributed by atoms with Gasteiger partial charge in [0.2, 0.25) is 0 Å². The van der Waals surface area contributed by atoms with E-state index in [2.05, 4.69) is 32.9 Å². The quantitative estimate of drug-likeness (QED) is 0.0261. The summed E-state index contributed by atoms with van der Waals surface area (Å²) < 4.78 is 16.9. The molecule has 77 heavy (non-hydrogen) atoms. The van der Waals surface area contributed by atoms with E-state index >= 15 is 0 Å². The fourth-order valence-electron chi connectivity index (χ4n) is 11.0. The molecule has 0 saturated carbocycles. The van der Waals surface area contributed by atoms with Crippen LogP contribution in [-0.4, -0.2) is 37.2 Å². The lowest BCUT2D eigenvalue weighted by Crippen LogP contribution is -2.30. The van der Waals surface area contributed by atoms with E-state index in [0.717, 1.165) is 57.8 Å². The lowest BCUT2D eigenvalue weighted by molar-refractivity contribution is -0.167. The number of ether oxygens (including phenoxy) is 3. The lowest BCUT2D eigenvalue weighted by atomic mass is 10.0. The minimum absolute atomic E-state index is 0.0646. The van der Waals surface area contributed by atoms with Gasteiger partial charge in [0.05, 0.1) is 0 Å². The molecular formula is C71H136O6. The third kappa shape index (κ3) is 64.9. The third-order valence-electron chi connectivity index (χ3n) is 16.3. The molecule has 0 N–H and O–H groups in total. The van der Waals surface area contributed by atoms with Crippen molar-refractivity contribution >= 4 is 17.9 Å². The van der Waals surface area contributed by atoms with Crippen LogP contribution in [0.25, 0.3) is 0 Å². The Morgan fingerprint density at radius 2 is 0.429 bits per heavy atom. The van der Waals surface area contributed by atoms with Crippen molar-refractivity contribution in [3.63, 3.8) is 0 Å². The van der Waals surface area contributed by atoms with E-state index in [0.29, 0.717) is 19.3 Å². The van der Waals surface area contributed by atoms with Gasteiger partial charge in [-0.3, -0.25) is 14.4 Å². The predicted molar refractivity (Wildman–Crippen MR) is 335 cm³/mol. The van der Waals surface area contributed by atoms with Crippen molar-refractivity contribution in [2.45, 2.75) is 412 Å². The topological polar surface area (TPSA) is 78.9 Å². The molecule has 1 unspecified atom stereocenters. The van der Waals surface area contributed by atoms with Crippen LogP contribution < -0.4 is 0 Å². The lowest BCUT2D eigenvalue weighted by Gasteiger charge is -2.18. The Balaban J connectivity index is 3.94. The molecule has 0 aromatic carbocycles. The van der Waals surface area contributed by atoms with Gasteiger partial charge in [0.15, 0.2) is 6.10 Å². The van der Waals surface area contributed by atoms with E-state index in [1.54, 1.807) is 0 Å². The highest BCUT2D eigenvalue weighted by Gasteiger charge is 2.19. The normalized spacial score (nSPS) is 12.0. The van der Waals surface area contributed by atoms with Crippen LogP contribution in [0.5, 0.6) is 0 Å². The molecule has 0 amide bonds. The molecule has 6 heteroatoms. The molecule has 456 valence electrons. The van der Waals surface area contributed by atoms with E-state index < -0.39 is 6.10 Å². The van der Waals surface area contributed by atoms with Crippen LogP contribution in [0.4, 0.5) is 0 Å². The van der Waals surface area contributed by atoms with E-state index in [1.165, 1.54) is 308 Å². The number of hydrogen-bond acceptors (Lipinski definition) is 6. The van der Waals surface area contributed by atoms with E-state index in [4.69, 9.17) is 14.2 Å². The summed E-state index contributed by atoms with van der Waals surface area (Å²) in [6.07, 6.45) is 80.1. The van der Waals surface area contributed by atoms with Crippen molar-refractivity contribution in [2.24, 2.45) is 0 Å². The second-order valence-corrected chi connectivity index (χ2v) is 24.2. The average Bonchev–Trinajstić information content (AvgIpc) is 3.43. The van der Waals surface area contributed by atoms with Gasteiger partial charge in [-0.2, -0.15) is 0 Å². The summed E-state index contributed by atoms with van der Waals surface area (Å²) in [6, 6.07) is 0. The second kappa shape index (κ2) is 66.7. The standard InChI is InChI=1S/C71H136O6/c1-4-7-10-13-16-18-20-22-24-26-28-30-32-33-34-35-36-37-38-40-41-43-45-47-49-51-53-55-58-61-64-70(73)76-67-68(66-75-69(72)63-60-57-15-12-9-6-3)77-71(74)65-62-59-56-54-52-50-48-46-44-42-39-31-29-27-25-23-21-19-17-14-11-8-5-2/h27,29,68H,4-26,28,30-67H2,1-3H3/b29-27-. The zero-order valence-electron chi connectivity index (χ0n) is 52.5. The van der Waals surface area contributed by atoms with Gasteiger partial charge in [-0.1, -0.05) is 354 Å². The van der Waals surface area contributed by atoms with Crippen molar-refractivity contribution in [2.75, 3.05) is 13.2 Å². The summed E-state index contributed by atoms with van der Waals surface area (Å²) in [5, 5.41) is 0. The van der Waals surface area contributed by atoms with Gasteiger partial charge in [-0.05, 0) is 44.9 Å². The van der Waals surface area contributed by atoms with Gasteiger partial charge in [0.1, 0.15) is 13.2 Å². The molecule has 6 nitrogen and oxygen atoms in total. The number of esters is 3. The van der Waals surface area contributed by atoms with Crippen molar-refractivity contribution in [1.82, 2.24) is 0 Å². The molecule has 0 aromatic heterocycles. The van der Waals surface area contributed by atoms with Crippen LogP contribution in [0.15, 0.2) is 12.2 Å². The number of carbonyl (C=O) groups excluding carboxylic acids is 3. The third-order valence-corrected chi connectivity index (χ3v) is 16.3. The zero-order chi connectivity index (χ0) is 55.7. The maximum atomic E-state index is 12.9. The summed E-state index contributed by atoms with van der Waals surface area (Å²) in [6.45, 7) is 6.66. The smallest absolute Gasteiger partial charge is 0.306 e. The van der Waals surface area contributed by atoms with E-state index in [-0.39, 0.29) is 31.1 Å². The van der Waals surface area contributed by atoms with Crippen molar-refractivity contribution in [3.05, 3.63) is 12.2 Å². The molecule has 0 radical (unpaired) electrons. The highest BCUT2D eigenvalue weighted by molar-refractivity contribution is 5.71. The first kappa shape index (κ1) is 75.2. The van der Waals surface area contributed by atoms with E-state index in [9.17, 15) is 14.4 Å². The summed E-state index contributed by atoms with van der Waals surface area (Å²) in [7, 11) is 0. The Hall–Kier alpha value is -1.85. The van der Waals surface area contributed by atoms with Crippen LogP contribution in [-0.2, 0) is 28.6 Å². The van der Waals surface area contributed by atoms with Crippen LogP contribution in [0.1, 0.15) is 406 Å². The molecule has 0 aliphatic carbocycles. The Morgan fingerprint density at radius 1 is 0.247 bits per heavy atom. The number of hydrogen-bond donors (Lipinski definition) is 0. The highest BCUT2D eigenvalue weighted by atomic mass is 16.6. The Kier molecular flexibility index (Phi) is 65.1. The van der Waals surface area contributed by atoms with Gasteiger partial charge >= 0.3 is 17.9 Å². The Morgan fingerprint density at radius 3 is 0.649 bits per heavy atom. The van der Waals surface area contributed by atoms with E-state index in [1.807, 2.05) is 0 Å². The fourth-order valence-corrected chi connectivity index (χ4v) is 11.0. The monoisotopic (exact) mass is 1090 g/mol. The zero-order valence-corrected chi connectivity index (χ0v) is 52.5. The first-order chi connectivity index (χ1) is 38.0. The second-order valence-electron chi connectivity index (χ2n) is 24.2. The number of rotatable bonds is 66. The minimum atomic E-state index is -0.764. The van der Waals surface area contributed by atoms with Gasteiger partial charge in [0, 0.05) is 19.3 Å². The van der Waals surface area contributed by atoms with Crippen molar-refractivity contribution in [3.8, 4) is 0 Å². The first-order valence-corrected chi connectivity index (χ1v) is 35.2. The van der Waals surface area contributed by atoms with Gasteiger partial charge in [-0.25, -0.2) is 0 Å². The summed E-state index contributed by atoms with van der Waals surface area (Å²) in [5.41, 5.74) is 0. The van der Waals surface area contributed by atoms with Crippen molar-refractivity contribution in [1.29, 1.82) is 0 Å². The van der Waals surface area contributed by atoms with Crippen LogP contribution in [0.2, 0.25) is 0 Å². The molecular weight excluding hydrogens is 949 g/mol. The molecule has 0 heterocycles. The Bertz CT molecular complexity index is 1200. The molecule has 0 rings (SSSR count). The highest BCUT2D eigenvalue weighted by Crippen LogP contribution is 2.19. The molecule has 0 bridgehead atoms. The van der Waals surface area contributed by atoms with Gasteiger partial charge in [0.25, 0.3) is 0 Å². The largest absolute Gasteiger partial charge is 0.462 e. The number of allylic oxidation sites excluding steroid dienone is 2. The molecule has 0 aliphatic rings. The SMILES string of the molecule is CCCCCCCCCC/C=C\CCCCCCCCCCCCCC(=O)OC(COC(=O)CCCCCCCC)COC(=O)CCCCCCCCCCCCCCCCCCCCCCCCCCCCCCCC. The maximum Gasteiger partial charge on any atom is 0.306 e. The molecule has 0 aliphatic heterocycles. The van der Waals surface area contributed by atoms with Crippen molar-refractivity contribution < 1.29 is 28.6 Å². The first-order valence-electron chi connectivity index (χ1n) is 35.2.